The minimum absolute atomic E-state index is 0.883. The third kappa shape index (κ3) is 2.33. The molecule has 94 valence electrons. The summed E-state index contributed by atoms with van der Waals surface area (Å²) in [5.41, 5.74) is 5.00. The smallest absolute Gasteiger partial charge is 0.119 e. The summed E-state index contributed by atoms with van der Waals surface area (Å²) in [6.45, 7) is 4.28. The summed E-state index contributed by atoms with van der Waals surface area (Å²) in [5, 5.41) is 0. The van der Waals surface area contributed by atoms with Crippen molar-refractivity contribution in [2.45, 2.75) is 13.8 Å². The van der Waals surface area contributed by atoms with Crippen molar-refractivity contribution in [3.8, 4) is 5.75 Å². The number of rotatable bonds is 3. The first kappa shape index (κ1) is 12.5. The van der Waals surface area contributed by atoms with E-state index in [1.54, 1.807) is 7.11 Å². The first-order valence-corrected chi connectivity index (χ1v) is 6.07. The van der Waals surface area contributed by atoms with Crippen LogP contribution >= 0.6 is 0 Å². The van der Waals surface area contributed by atoms with Crippen LogP contribution in [0.2, 0.25) is 0 Å². The van der Waals surface area contributed by atoms with Crippen molar-refractivity contribution < 1.29 is 4.74 Å². The van der Waals surface area contributed by atoms with Crippen LogP contribution in [-0.4, -0.2) is 14.2 Å². The van der Waals surface area contributed by atoms with Gasteiger partial charge in [0.2, 0.25) is 0 Å². The number of hydrogen-bond acceptors (Lipinski definition) is 2. The van der Waals surface area contributed by atoms with Crippen LogP contribution < -0.4 is 9.64 Å². The minimum Gasteiger partial charge on any atom is -0.497 e. The molecular formula is C16H19NO. The van der Waals surface area contributed by atoms with Gasteiger partial charge in [0.15, 0.2) is 0 Å². The van der Waals surface area contributed by atoms with Crippen LogP contribution in [0.4, 0.5) is 11.4 Å². The Hall–Kier alpha value is -1.96. The normalized spacial score (nSPS) is 10.2. The Labute approximate surface area is 109 Å². The van der Waals surface area contributed by atoms with Gasteiger partial charge in [-0.05, 0) is 49.2 Å². The average molecular weight is 241 g/mol. The predicted molar refractivity (Wildman–Crippen MR) is 77.0 cm³/mol. The molecule has 2 heteroatoms. The fourth-order valence-corrected chi connectivity index (χ4v) is 2.27. The molecule has 0 radical (unpaired) electrons. The van der Waals surface area contributed by atoms with Gasteiger partial charge in [0.25, 0.3) is 0 Å². The number of para-hydroxylation sites is 1. The van der Waals surface area contributed by atoms with Gasteiger partial charge in [-0.15, -0.1) is 0 Å². The van der Waals surface area contributed by atoms with E-state index < -0.39 is 0 Å². The number of nitrogens with zero attached hydrogens (tertiary/aromatic N) is 1. The lowest BCUT2D eigenvalue weighted by molar-refractivity contribution is 0.415. The number of methoxy groups -OCH3 is 1. The summed E-state index contributed by atoms with van der Waals surface area (Å²) in [6.07, 6.45) is 0. The van der Waals surface area contributed by atoms with Gasteiger partial charge in [-0.3, -0.25) is 0 Å². The molecule has 0 bridgehead atoms. The highest BCUT2D eigenvalue weighted by Crippen LogP contribution is 2.30. The van der Waals surface area contributed by atoms with Gasteiger partial charge in [-0.25, -0.2) is 0 Å². The zero-order valence-electron chi connectivity index (χ0n) is 11.4. The van der Waals surface area contributed by atoms with Crippen molar-refractivity contribution in [2.75, 3.05) is 19.1 Å². The third-order valence-corrected chi connectivity index (χ3v) is 3.23. The molecule has 0 amide bonds. The molecule has 2 aromatic rings. The molecule has 0 aromatic heterocycles. The second kappa shape index (κ2) is 5.13. The van der Waals surface area contributed by atoms with E-state index in [0.29, 0.717) is 0 Å². The molecule has 0 aliphatic rings. The van der Waals surface area contributed by atoms with Crippen molar-refractivity contribution in [3.05, 3.63) is 53.6 Å². The van der Waals surface area contributed by atoms with Gasteiger partial charge in [0.1, 0.15) is 5.75 Å². The molecule has 2 rings (SSSR count). The number of anilines is 2. The van der Waals surface area contributed by atoms with E-state index in [1.165, 1.54) is 16.8 Å². The van der Waals surface area contributed by atoms with Crippen LogP contribution in [0.25, 0.3) is 0 Å². The SMILES string of the molecule is COc1ccc(N(C)c2c(C)cccc2C)cc1. The van der Waals surface area contributed by atoms with Gasteiger partial charge in [-0.1, -0.05) is 18.2 Å². The molecule has 18 heavy (non-hydrogen) atoms. The summed E-state index contributed by atoms with van der Waals surface area (Å²) in [7, 11) is 3.78. The Kier molecular flexibility index (Phi) is 3.56. The Morgan fingerprint density at radius 3 is 1.94 bits per heavy atom. The van der Waals surface area contributed by atoms with E-state index in [4.69, 9.17) is 4.74 Å². The molecule has 2 nitrogen and oxygen atoms in total. The fourth-order valence-electron chi connectivity index (χ4n) is 2.27. The van der Waals surface area contributed by atoms with Crippen molar-refractivity contribution >= 4 is 11.4 Å². The van der Waals surface area contributed by atoms with E-state index in [0.717, 1.165) is 11.4 Å². The lowest BCUT2D eigenvalue weighted by Crippen LogP contribution is -2.12. The molecule has 0 fully saturated rings. The summed E-state index contributed by atoms with van der Waals surface area (Å²) >= 11 is 0. The van der Waals surface area contributed by atoms with Crippen molar-refractivity contribution in [1.82, 2.24) is 0 Å². The van der Waals surface area contributed by atoms with Gasteiger partial charge in [-0.2, -0.15) is 0 Å². The Morgan fingerprint density at radius 1 is 0.889 bits per heavy atom. The molecule has 0 heterocycles. The van der Waals surface area contributed by atoms with Crippen LogP contribution in [0.5, 0.6) is 5.75 Å². The quantitative estimate of drug-likeness (QED) is 0.802. The summed E-state index contributed by atoms with van der Waals surface area (Å²) in [4.78, 5) is 2.21. The monoisotopic (exact) mass is 241 g/mol. The van der Waals surface area contributed by atoms with Crippen LogP contribution in [0.3, 0.4) is 0 Å². The highest BCUT2D eigenvalue weighted by Gasteiger charge is 2.09. The van der Waals surface area contributed by atoms with Crippen LogP contribution in [-0.2, 0) is 0 Å². The lowest BCUT2D eigenvalue weighted by Gasteiger charge is -2.24. The molecule has 0 aliphatic carbocycles. The Balaban J connectivity index is 2.38. The predicted octanol–water partition coefficient (Wildman–Crippen LogP) is 4.08. The van der Waals surface area contributed by atoms with Gasteiger partial charge < -0.3 is 9.64 Å². The molecule has 0 spiro atoms. The molecular weight excluding hydrogens is 222 g/mol. The maximum Gasteiger partial charge on any atom is 0.119 e. The summed E-state index contributed by atoms with van der Waals surface area (Å²) in [6, 6.07) is 14.5. The average Bonchev–Trinajstić information content (AvgIpc) is 2.38. The lowest BCUT2D eigenvalue weighted by atomic mass is 10.1. The van der Waals surface area contributed by atoms with E-state index in [9.17, 15) is 0 Å². The first-order chi connectivity index (χ1) is 8.63. The number of benzene rings is 2. The highest BCUT2D eigenvalue weighted by molar-refractivity contribution is 5.69. The van der Waals surface area contributed by atoms with Crippen molar-refractivity contribution in [1.29, 1.82) is 0 Å². The van der Waals surface area contributed by atoms with E-state index in [2.05, 4.69) is 56.1 Å². The van der Waals surface area contributed by atoms with E-state index in [-0.39, 0.29) is 0 Å². The van der Waals surface area contributed by atoms with E-state index >= 15 is 0 Å². The van der Waals surface area contributed by atoms with Crippen LogP contribution in [0, 0.1) is 13.8 Å². The largest absolute Gasteiger partial charge is 0.497 e. The molecule has 0 N–H and O–H groups in total. The van der Waals surface area contributed by atoms with Crippen molar-refractivity contribution in [3.63, 3.8) is 0 Å². The Bertz CT molecular complexity index is 511. The number of ether oxygens (including phenoxy) is 1. The number of aryl methyl sites for hydroxylation is 2. The molecule has 0 aliphatic heterocycles. The molecule has 0 saturated carbocycles. The maximum absolute atomic E-state index is 5.18. The van der Waals surface area contributed by atoms with Gasteiger partial charge in [0, 0.05) is 18.4 Å². The van der Waals surface area contributed by atoms with Crippen molar-refractivity contribution in [2.24, 2.45) is 0 Å². The first-order valence-electron chi connectivity index (χ1n) is 6.07. The zero-order valence-corrected chi connectivity index (χ0v) is 11.4. The molecule has 0 unspecified atom stereocenters. The summed E-state index contributed by atoms with van der Waals surface area (Å²) in [5.74, 6) is 0.883. The van der Waals surface area contributed by atoms with Crippen LogP contribution in [0.1, 0.15) is 11.1 Å². The van der Waals surface area contributed by atoms with Gasteiger partial charge in [0.05, 0.1) is 7.11 Å². The molecule has 0 saturated heterocycles. The van der Waals surface area contributed by atoms with Gasteiger partial charge >= 0.3 is 0 Å². The molecule has 0 atom stereocenters. The summed E-state index contributed by atoms with van der Waals surface area (Å²) < 4.78 is 5.18. The Morgan fingerprint density at radius 2 is 1.44 bits per heavy atom. The third-order valence-electron chi connectivity index (χ3n) is 3.23. The standard InChI is InChI=1S/C16H19NO/c1-12-6-5-7-13(2)16(12)17(3)14-8-10-15(18-4)11-9-14/h5-11H,1-4H3. The fraction of sp³-hybridized carbons (Fsp3) is 0.250. The second-order valence-corrected chi connectivity index (χ2v) is 4.50. The molecule has 2 aromatic carbocycles. The minimum atomic E-state index is 0.883. The van der Waals surface area contributed by atoms with E-state index in [1.807, 2.05) is 12.1 Å². The second-order valence-electron chi connectivity index (χ2n) is 4.50. The van der Waals surface area contributed by atoms with Crippen LogP contribution in [0.15, 0.2) is 42.5 Å². The highest BCUT2D eigenvalue weighted by atomic mass is 16.5. The maximum atomic E-state index is 5.18. The number of hydrogen-bond donors (Lipinski definition) is 0. The zero-order chi connectivity index (χ0) is 13.1. The topological polar surface area (TPSA) is 12.5 Å².